The highest BCUT2D eigenvalue weighted by molar-refractivity contribution is 8.76. The monoisotopic (exact) mass is 990 g/mol. The molecule has 8 N–H and O–H groups in total. The highest BCUT2D eigenvalue weighted by Crippen LogP contribution is 2.24. The van der Waals surface area contributed by atoms with E-state index in [9.17, 15) is 49.0 Å². The third-order valence-corrected chi connectivity index (χ3v) is 13.1. The summed E-state index contributed by atoms with van der Waals surface area (Å²) in [6, 6.07) is 8.76. The van der Waals surface area contributed by atoms with E-state index >= 15 is 0 Å². The highest BCUT2D eigenvalue weighted by Gasteiger charge is 2.24. The van der Waals surface area contributed by atoms with Gasteiger partial charge in [0, 0.05) is 86.6 Å². The molecule has 2 aromatic carbocycles. The Balaban J connectivity index is 1.91. The Morgan fingerprint density at radius 3 is 1.24 bits per heavy atom. The van der Waals surface area contributed by atoms with Gasteiger partial charge < -0.3 is 42.2 Å². The van der Waals surface area contributed by atoms with E-state index in [1.807, 2.05) is 13.8 Å². The Morgan fingerprint density at radius 2 is 0.897 bits per heavy atom. The van der Waals surface area contributed by atoms with Crippen LogP contribution in [-0.2, 0) is 28.8 Å². The van der Waals surface area contributed by atoms with Gasteiger partial charge in [0.05, 0.1) is 9.85 Å². The van der Waals surface area contributed by atoms with Crippen LogP contribution in [0.4, 0.5) is 11.4 Å². The lowest BCUT2D eigenvalue weighted by atomic mass is 10.1. The number of hydrogen-bond donors (Lipinski definition) is 6. The summed E-state index contributed by atoms with van der Waals surface area (Å²) in [6.07, 6.45) is 9.96. The minimum atomic E-state index is -0.891. The lowest BCUT2D eigenvalue weighted by Gasteiger charge is -2.20. The number of nitrogens with one attached hydrogen (secondary N) is 4. The maximum absolute atomic E-state index is 13.4. The molecule has 0 saturated heterocycles. The zero-order valence-electron chi connectivity index (χ0n) is 39.2. The van der Waals surface area contributed by atoms with Crippen LogP contribution in [0, 0.1) is 20.2 Å². The van der Waals surface area contributed by atoms with E-state index in [0.717, 1.165) is 38.5 Å². The van der Waals surface area contributed by atoms with Crippen molar-refractivity contribution in [3.05, 3.63) is 68.8 Å². The minimum absolute atomic E-state index is 0.0629. The number of amides is 4. The molecule has 378 valence electrons. The number of unbranched alkanes of at least 4 members (excludes halogenated alkanes) is 6. The number of rotatable bonds is 37. The Labute approximate surface area is 406 Å². The number of ether oxygens (including phenoxy) is 2. The van der Waals surface area contributed by atoms with Crippen LogP contribution in [0.2, 0.25) is 0 Å². The van der Waals surface area contributed by atoms with Gasteiger partial charge in [-0.05, 0) is 88.5 Å². The fourth-order valence-electron chi connectivity index (χ4n) is 6.37. The highest BCUT2D eigenvalue weighted by atomic mass is 33.1. The Bertz CT molecular complexity index is 1740. The van der Waals surface area contributed by atoms with Crippen molar-refractivity contribution in [1.82, 2.24) is 21.3 Å². The van der Waals surface area contributed by atoms with Gasteiger partial charge in [-0.1, -0.05) is 61.1 Å². The molecule has 0 aliphatic carbocycles. The largest absolute Gasteiger partial charge is 0.427 e. The van der Waals surface area contributed by atoms with Crippen LogP contribution in [0.25, 0.3) is 0 Å². The van der Waals surface area contributed by atoms with Crippen molar-refractivity contribution < 1.29 is 48.1 Å². The number of nitrogens with zero attached hydrogens (tertiary/aromatic N) is 2. The molecule has 0 aliphatic rings. The summed E-state index contributed by atoms with van der Waals surface area (Å²) < 4.78 is 10.5. The van der Waals surface area contributed by atoms with E-state index < -0.39 is 33.9 Å². The first-order valence-electron chi connectivity index (χ1n) is 23.4. The van der Waals surface area contributed by atoms with Crippen molar-refractivity contribution in [2.24, 2.45) is 11.5 Å². The molecule has 0 bridgehead atoms. The van der Waals surface area contributed by atoms with Crippen LogP contribution in [0.3, 0.4) is 0 Å². The second-order valence-corrected chi connectivity index (χ2v) is 18.8. The molecule has 2 rings (SSSR count). The van der Waals surface area contributed by atoms with Crippen LogP contribution in [0.15, 0.2) is 48.5 Å². The maximum atomic E-state index is 13.4. The average molecular weight is 991 g/mol. The molecular weight excluding hydrogens is 921 g/mol. The van der Waals surface area contributed by atoms with Crippen LogP contribution in [-0.4, -0.2) is 94.2 Å². The fourth-order valence-corrected chi connectivity index (χ4v) is 8.70. The van der Waals surface area contributed by atoms with Gasteiger partial charge in [0.15, 0.2) is 0 Å². The number of carbonyl (C=O) groups excluding carboxylic acids is 6. The molecule has 20 nitrogen and oxygen atoms in total. The molecule has 4 amide bonds. The van der Waals surface area contributed by atoms with Crippen molar-refractivity contribution in [2.75, 3.05) is 24.6 Å². The van der Waals surface area contributed by atoms with Gasteiger partial charge in [-0.2, -0.15) is 0 Å². The summed E-state index contributed by atoms with van der Waals surface area (Å²) >= 11 is 0. The van der Waals surface area contributed by atoms with Gasteiger partial charge in [-0.15, -0.1) is 0 Å². The summed E-state index contributed by atoms with van der Waals surface area (Å²) in [6.45, 7) is 4.59. The number of nitro benzene ring substituents is 2. The number of hydrogen-bond acceptors (Lipinski definition) is 16. The molecule has 4 atom stereocenters. The molecule has 0 spiro atoms. The Kier molecular flexibility index (Phi) is 30.2. The summed E-state index contributed by atoms with van der Waals surface area (Å²) in [5.74, 6) is -1.55. The Morgan fingerprint density at radius 1 is 0.544 bits per heavy atom. The molecule has 0 fully saturated rings. The van der Waals surface area contributed by atoms with Crippen LogP contribution < -0.4 is 42.2 Å². The summed E-state index contributed by atoms with van der Waals surface area (Å²) in [5.41, 5.74) is 11.8. The number of esters is 2. The summed E-state index contributed by atoms with van der Waals surface area (Å²) in [5, 5.41) is 33.1. The van der Waals surface area contributed by atoms with Gasteiger partial charge >= 0.3 is 11.9 Å². The van der Waals surface area contributed by atoms with Crippen molar-refractivity contribution in [3.8, 4) is 11.5 Å². The van der Waals surface area contributed by atoms with Gasteiger partial charge in [-0.25, -0.2) is 0 Å². The first-order chi connectivity index (χ1) is 32.6. The maximum Gasteiger partial charge on any atom is 0.311 e. The first kappa shape index (κ1) is 58.8. The quantitative estimate of drug-likeness (QED) is 0.0108. The van der Waals surface area contributed by atoms with Crippen molar-refractivity contribution >= 4 is 68.5 Å². The van der Waals surface area contributed by atoms with E-state index in [-0.39, 0.29) is 95.8 Å². The fraction of sp³-hybridized carbons (Fsp3) is 0.609. The van der Waals surface area contributed by atoms with Gasteiger partial charge in [-0.3, -0.25) is 49.0 Å². The minimum Gasteiger partial charge on any atom is -0.427 e. The zero-order valence-corrected chi connectivity index (χ0v) is 40.9. The van der Waals surface area contributed by atoms with Crippen molar-refractivity contribution in [2.45, 2.75) is 154 Å². The van der Waals surface area contributed by atoms with Gasteiger partial charge in [0.25, 0.3) is 11.4 Å². The van der Waals surface area contributed by atoms with E-state index in [1.54, 1.807) is 0 Å². The number of nitrogens with two attached hydrogens (primary N) is 2. The average Bonchev–Trinajstić information content (AvgIpc) is 3.31. The second kappa shape index (κ2) is 34.9. The molecule has 0 saturated carbocycles. The molecule has 0 aliphatic heterocycles. The second-order valence-electron chi connectivity index (χ2n) is 16.3. The number of carbonyl (C=O) groups is 6. The zero-order chi connectivity index (χ0) is 50.1. The standard InChI is InChI=1S/C46H70N8O12S2/c1-3-33(47)15-9-11-17-41(55)51-39(45(59)49-29-13-5-7-19-43(57)65-37-25-21-35(22-26-37)53(61)62)31-67-68-32-40(52-42(56)18-12-10-16-34(48)4-2)46(60)50-30-14-6-8-20-44(58)66-38-27-23-36(24-28-38)54(63)64/h21-28,33-34,39-40H,3-20,29-32,47-48H2,1-2H3,(H,49,59)(H,50,60)(H,51,55)(H,52,56). The number of benzene rings is 2. The van der Waals surface area contributed by atoms with Crippen molar-refractivity contribution in [3.63, 3.8) is 0 Å². The van der Waals surface area contributed by atoms with Crippen LogP contribution in [0.1, 0.15) is 129 Å². The molecule has 0 radical (unpaired) electrons. The summed E-state index contributed by atoms with van der Waals surface area (Å²) in [7, 11) is 2.56. The van der Waals surface area contributed by atoms with Crippen LogP contribution >= 0.6 is 21.6 Å². The predicted molar refractivity (Wildman–Crippen MR) is 263 cm³/mol. The molecule has 22 heteroatoms. The molecule has 68 heavy (non-hydrogen) atoms. The number of nitro groups is 2. The molecule has 0 heterocycles. The lowest BCUT2D eigenvalue weighted by Crippen LogP contribution is -2.49. The van der Waals surface area contributed by atoms with E-state index in [2.05, 4.69) is 21.3 Å². The number of non-ortho nitro benzene ring substituents is 2. The third kappa shape index (κ3) is 26.9. The van der Waals surface area contributed by atoms with Gasteiger partial charge in [0.2, 0.25) is 23.6 Å². The van der Waals surface area contributed by atoms with Crippen LogP contribution in [0.5, 0.6) is 11.5 Å². The van der Waals surface area contributed by atoms with Crippen molar-refractivity contribution in [1.29, 1.82) is 0 Å². The molecule has 4 unspecified atom stereocenters. The predicted octanol–water partition coefficient (Wildman–Crippen LogP) is 6.31. The smallest absolute Gasteiger partial charge is 0.311 e. The Hall–Kier alpha value is -5.32. The van der Waals surface area contributed by atoms with E-state index in [0.29, 0.717) is 64.5 Å². The molecule has 2 aromatic rings. The third-order valence-electron chi connectivity index (χ3n) is 10.6. The lowest BCUT2D eigenvalue weighted by molar-refractivity contribution is -0.385. The molecule has 0 aromatic heterocycles. The topological polar surface area (TPSA) is 307 Å². The molecular formula is C46H70N8O12S2. The van der Waals surface area contributed by atoms with Gasteiger partial charge in [0.1, 0.15) is 23.6 Å². The SMILES string of the molecule is CCC(N)CCCCC(=O)NC(CSSCC(NC(=O)CCCCC(N)CC)C(=O)NCCCCCC(=O)Oc1ccc([N+](=O)[O-])cc1)C(=O)NCCCCCC(=O)Oc1ccc([N+](=O)[O-])cc1. The van der Waals surface area contributed by atoms with E-state index in [4.69, 9.17) is 20.9 Å². The normalized spacial score (nSPS) is 12.7. The van der Waals surface area contributed by atoms with E-state index in [1.165, 1.54) is 70.1 Å². The first-order valence-corrected chi connectivity index (χ1v) is 25.9. The summed E-state index contributed by atoms with van der Waals surface area (Å²) in [4.78, 5) is 97.9.